The number of amides is 2. The first-order chi connectivity index (χ1) is 13.9. The number of hydrogen-bond acceptors (Lipinski definition) is 4. The molecular formula is C22H25ClN2O4. The summed E-state index contributed by atoms with van der Waals surface area (Å²) in [5.41, 5.74) is 0.469. The molecule has 0 N–H and O–H groups in total. The molecule has 154 valence electrons. The van der Waals surface area contributed by atoms with E-state index in [-0.39, 0.29) is 24.5 Å². The number of nitrogens with zero attached hydrogens (tertiary/aromatic N) is 2. The molecule has 7 heteroatoms. The van der Waals surface area contributed by atoms with Gasteiger partial charge in [-0.3, -0.25) is 9.59 Å². The molecule has 3 rings (SSSR count). The van der Waals surface area contributed by atoms with Gasteiger partial charge in [0.1, 0.15) is 17.6 Å². The maximum absolute atomic E-state index is 13.0. The van der Waals surface area contributed by atoms with Crippen molar-refractivity contribution in [1.29, 1.82) is 0 Å². The van der Waals surface area contributed by atoms with Crippen LogP contribution in [0, 0.1) is 0 Å². The van der Waals surface area contributed by atoms with Crippen LogP contribution in [0.4, 0.5) is 0 Å². The highest BCUT2D eigenvalue weighted by molar-refractivity contribution is 6.30. The topological polar surface area (TPSA) is 59.1 Å². The van der Waals surface area contributed by atoms with Crippen LogP contribution in [0.5, 0.6) is 11.5 Å². The van der Waals surface area contributed by atoms with Gasteiger partial charge in [-0.05, 0) is 36.4 Å². The number of piperidine rings is 1. The molecule has 0 bridgehead atoms. The number of ether oxygens (including phenoxy) is 2. The standard InChI is InChI=1S/C22H25ClN2O4/c1-24(2)21(26)15-28-20-6-4-3-5-19(20)22(27)25-13-11-18(12-14-25)29-17-9-7-16(23)8-10-17/h3-10,18H,11-15H2,1-2H3. The number of carbonyl (C=O) groups excluding carboxylic acids is 2. The van der Waals surface area contributed by atoms with Crippen molar-refractivity contribution in [2.75, 3.05) is 33.8 Å². The Labute approximate surface area is 176 Å². The van der Waals surface area contributed by atoms with Gasteiger partial charge >= 0.3 is 0 Å². The lowest BCUT2D eigenvalue weighted by atomic mass is 10.1. The molecule has 2 aromatic carbocycles. The summed E-state index contributed by atoms with van der Waals surface area (Å²) in [4.78, 5) is 28.0. The summed E-state index contributed by atoms with van der Waals surface area (Å²) in [5, 5.41) is 0.672. The van der Waals surface area contributed by atoms with Gasteiger partial charge in [0.05, 0.1) is 5.56 Å². The highest BCUT2D eigenvalue weighted by Gasteiger charge is 2.26. The van der Waals surface area contributed by atoms with E-state index in [1.54, 1.807) is 55.4 Å². The molecule has 0 radical (unpaired) electrons. The summed E-state index contributed by atoms with van der Waals surface area (Å²) < 4.78 is 11.6. The molecule has 0 saturated carbocycles. The average Bonchev–Trinajstić information content (AvgIpc) is 2.74. The Morgan fingerprint density at radius 3 is 2.38 bits per heavy atom. The van der Waals surface area contributed by atoms with Crippen LogP contribution in [0.2, 0.25) is 5.02 Å². The predicted molar refractivity (Wildman–Crippen MR) is 112 cm³/mol. The largest absolute Gasteiger partial charge is 0.490 e. The first-order valence-corrected chi connectivity index (χ1v) is 9.95. The molecule has 1 fully saturated rings. The zero-order valence-electron chi connectivity index (χ0n) is 16.6. The third-order valence-electron chi connectivity index (χ3n) is 4.81. The number of para-hydroxylation sites is 1. The Balaban J connectivity index is 1.58. The van der Waals surface area contributed by atoms with E-state index >= 15 is 0 Å². The van der Waals surface area contributed by atoms with E-state index in [0.29, 0.717) is 29.4 Å². The number of likely N-dealkylation sites (tertiary alicyclic amines) is 1. The van der Waals surface area contributed by atoms with E-state index in [0.717, 1.165) is 18.6 Å². The molecule has 0 aliphatic carbocycles. The normalized spacial score (nSPS) is 14.4. The number of rotatable bonds is 6. The zero-order valence-corrected chi connectivity index (χ0v) is 17.4. The lowest BCUT2D eigenvalue weighted by Gasteiger charge is -2.32. The zero-order chi connectivity index (χ0) is 20.8. The number of benzene rings is 2. The number of carbonyl (C=O) groups is 2. The van der Waals surface area contributed by atoms with Crippen molar-refractivity contribution in [2.45, 2.75) is 18.9 Å². The summed E-state index contributed by atoms with van der Waals surface area (Å²) in [5.74, 6) is 0.950. The second-order valence-corrected chi connectivity index (χ2v) is 7.57. The molecule has 1 aliphatic heterocycles. The fourth-order valence-corrected chi connectivity index (χ4v) is 3.22. The summed E-state index contributed by atoms with van der Waals surface area (Å²) in [6, 6.07) is 14.3. The maximum Gasteiger partial charge on any atom is 0.259 e. The third kappa shape index (κ3) is 5.64. The minimum atomic E-state index is -0.160. The van der Waals surface area contributed by atoms with Crippen molar-refractivity contribution < 1.29 is 19.1 Å². The van der Waals surface area contributed by atoms with Crippen molar-refractivity contribution in [3.63, 3.8) is 0 Å². The van der Waals surface area contributed by atoms with Crippen molar-refractivity contribution in [1.82, 2.24) is 9.80 Å². The molecule has 2 aromatic rings. The van der Waals surface area contributed by atoms with Crippen LogP contribution in [0.1, 0.15) is 23.2 Å². The average molecular weight is 417 g/mol. The van der Waals surface area contributed by atoms with Crippen molar-refractivity contribution in [3.05, 3.63) is 59.1 Å². The van der Waals surface area contributed by atoms with Gasteiger partial charge in [-0.25, -0.2) is 0 Å². The van der Waals surface area contributed by atoms with E-state index < -0.39 is 0 Å². The molecular weight excluding hydrogens is 392 g/mol. The minimum absolute atomic E-state index is 0.0597. The third-order valence-corrected chi connectivity index (χ3v) is 5.06. The summed E-state index contributed by atoms with van der Waals surface area (Å²) in [7, 11) is 3.33. The number of hydrogen-bond donors (Lipinski definition) is 0. The fraction of sp³-hybridized carbons (Fsp3) is 0.364. The van der Waals surface area contributed by atoms with Gasteiger partial charge in [-0.1, -0.05) is 23.7 Å². The Hall–Kier alpha value is -2.73. The number of halogens is 1. The van der Waals surface area contributed by atoms with E-state index in [1.165, 1.54) is 4.90 Å². The second-order valence-electron chi connectivity index (χ2n) is 7.14. The van der Waals surface area contributed by atoms with Gasteiger partial charge in [0.2, 0.25) is 0 Å². The second kappa shape index (κ2) is 9.65. The van der Waals surface area contributed by atoms with Crippen molar-refractivity contribution in [2.24, 2.45) is 0 Å². The lowest BCUT2D eigenvalue weighted by Crippen LogP contribution is -2.42. The highest BCUT2D eigenvalue weighted by Crippen LogP contribution is 2.24. The van der Waals surface area contributed by atoms with Crippen LogP contribution in [0.15, 0.2) is 48.5 Å². The smallest absolute Gasteiger partial charge is 0.259 e. The molecule has 1 aliphatic rings. The molecule has 0 atom stereocenters. The van der Waals surface area contributed by atoms with Crippen LogP contribution in [0.25, 0.3) is 0 Å². The first kappa shape index (κ1) is 21.0. The quantitative estimate of drug-likeness (QED) is 0.723. The SMILES string of the molecule is CN(C)C(=O)COc1ccccc1C(=O)N1CCC(Oc2ccc(Cl)cc2)CC1. The minimum Gasteiger partial charge on any atom is -0.490 e. The molecule has 0 spiro atoms. The monoisotopic (exact) mass is 416 g/mol. The Kier molecular flexibility index (Phi) is 6.99. The maximum atomic E-state index is 13.0. The van der Waals surface area contributed by atoms with Gasteiger partial charge in [0.15, 0.2) is 6.61 Å². The molecule has 2 amide bonds. The van der Waals surface area contributed by atoms with Gasteiger partial charge in [-0.15, -0.1) is 0 Å². The molecule has 0 aromatic heterocycles. The molecule has 29 heavy (non-hydrogen) atoms. The summed E-state index contributed by atoms with van der Waals surface area (Å²) in [6.45, 7) is 1.10. The fourth-order valence-electron chi connectivity index (χ4n) is 3.09. The van der Waals surface area contributed by atoms with E-state index in [1.807, 2.05) is 12.1 Å². The lowest BCUT2D eigenvalue weighted by molar-refractivity contribution is -0.130. The van der Waals surface area contributed by atoms with Gasteiger partial charge in [0, 0.05) is 45.0 Å². The molecule has 6 nitrogen and oxygen atoms in total. The van der Waals surface area contributed by atoms with Crippen LogP contribution in [-0.2, 0) is 4.79 Å². The van der Waals surface area contributed by atoms with Gasteiger partial charge in [-0.2, -0.15) is 0 Å². The Morgan fingerprint density at radius 2 is 1.72 bits per heavy atom. The highest BCUT2D eigenvalue weighted by atomic mass is 35.5. The van der Waals surface area contributed by atoms with E-state index in [4.69, 9.17) is 21.1 Å². The van der Waals surface area contributed by atoms with E-state index in [9.17, 15) is 9.59 Å². The summed E-state index contributed by atoms with van der Waals surface area (Å²) in [6.07, 6.45) is 1.55. The molecule has 1 heterocycles. The predicted octanol–water partition coefficient (Wildman–Crippen LogP) is 3.49. The van der Waals surface area contributed by atoms with Crippen LogP contribution in [0.3, 0.4) is 0 Å². The van der Waals surface area contributed by atoms with Crippen molar-refractivity contribution in [3.8, 4) is 11.5 Å². The van der Waals surface area contributed by atoms with Gasteiger partial charge < -0.3 is 19.3 Å². The van der Waals surface area contributed by atoms with E-state index in [2.05, 4.69) is 0 Å². The van der Waals surface area contributed by atoms with Crippen molar-refractivity contribution >= 4 is 23.4 Å². The molecule has 1 saturated heterocycles. The van der Waals surface area contributed by atoms with Crippen LogP contribution >= 0.6 is 11.6 Å². The first-order valence-electron chi connectivity index (χ1n) is 9.57. The number of likely N-dealkylation sites (N-methyl/N-ethyl adjacent to an activating group) is 1. The Bertz CT molecular complexity index is 846. The Morgan fingerprint density at radius 1 is 1.07 bits per heavy atom. The summed E-state index contributed by atoms with van der Waals surface area (Å²) >= 11 is 5.90. The molecule has 0 unspecified atom stereocenters. The van der Waals surface area contributed by atoms with Crippen LogP contribution < -0.4 is 9.47 Å². The van der Waals surface area contributed by atoms with Crippen LogP contribution in [-0.4, -0.2) is 61.5 Å². The van der Waals surface area contributed by atoms with Gasteiger partial charge in [0.25, 0.3) is 11.8 Å².